The minimum absolute atomic E-state index is 0.330. The van der Waals surface area contributed by atoms with E-state index in [4.69, 9.17) is 11.6 Å². The van der Waals surface area contributed by atoms with Crippen LogP contribution in [0.3, 0.4) is 0 Å². The van der Waals surface area contributed by atoms with Crippen LogP contribution in [0.15, 0.2) is 4.99 Å². The summed E-state index contributed by atoms with van der Waals surface area (Å²) >= 11 is 0. The van der Waals surface area contributed by atoms with Crippen molar-refractivity contribution in [2.24, 2.45) is 23.6 Å². The van der Waals surface area contributed by atoms with Gasteiger partial charge in [-0.2, -0.15) is 5.10 Å². The lowest BCUT2D eigenvalue weighted by Gasteiger charge is -1.99. The summed E-state index contributed by atoms with van der Waals surface area (Å²) in [5, 5.41) is 4.03. The van der Waals surface area contributed by atoms with E-state index in [-0.39, 0.29) is 0 Å². The van der Waals surface area contributed by atoms with Crippen molar-refractivity contribution in [3.63, 3.8) is 0 Å². The summed E-state index contributed by atoms with van der Waals surface area (Å²) in [6.07, 6.45) is 1.10. The Kier molecular flexibility index (Phi) is 2.82. The molecule has 0 aliphatic rings. The zero-order valence-electron chi connectivity index (χ0n) is 7.98. The molecule has 7 nitrogen and oxygen atoms in total. The van der Waals surface area contributed by atoms with Crippen molar-refractivity contribution < 1.29 is 4.79 Å². The van der Waals surface area contributed by atoms with Crippen molar-refractivity contribution in [2.45, 2.75) is 6.92 Å². The molecule has 0 bridgehead atoms. The first-order valence-electron chi connectivity index (χ1n) is 3.90. The van der Waals surface area contributed by atoms with Crippen LogP contribution in [0, 0.1) is 6.92 Å². The number of carbonyl (C=O) groups is 1. The van der Waals surface area contributed by atoms with Gasteiger partial charge in [0.2, 0.25) is 0 Å². The van der Waals surface area contributed by atoms with Gasteiger partial charge < -0.3 is 5.73 Å². The number of nitrogen functional groups attached to an aromatic ring is 1. The molecule has 1 rings (SSSR count). The average Bonchev–Trinajstić information content (AvgIpc) is 2.42. The first-order valence-corrected chi connectivity index (χ1v) is 3.90. The number of nitrogens with two attached hydrogens (primary N) is 2. The molecule has 5 N–H and O–H groups in total. The maximum Gasteiger partial charge on any atom is 0.270 e. The number of hydrogen-bond acceptors (Lipinski definition) is 4. The SMILES string of the molecule is Cc1nn(C)c(/N=C/N)c1C(=O)NN. The standard InChI is InChI=1S/C7H12N6O/c1-4-5(7(14)11-9)6(10-3-8)13(2)12-4/h3H,9H2,1-2H3,(H2,8,10)(H,11,14). The van der Waals surface area contributed by atoms with Crippen molar-refractivity contribution in [2.75, 3.05) is 0 Å². The van der Waals surface area contributed by atoms with Crippen molar-refractivity contribution in [1.29, 1.82) is 0 Å². The lowest BCUT2D eigenvalue weighted by molar-refractivity contribution is 0.0954. The topological polar surface area (TPSA) is 111 Å². The highest BCUT2D eigenvalue weighted by molar-refractivity contribution is 5.99. The summed E-state index contributed by atoms with van der Waals surface area (Å²) in [6, 6.07) is 0. The Labute approximate surface area is 80.8 Å². The molecular formula is C7H12N6O. The summed E-state index contributed by atoms with van der Waals surface area (Å²) < 4.78 is 1.46. The third kappa shape index (κ3) is 1.57. The molecule has 0 aromatic carbocycles. The number of nitrogens with one attached hydrogen (secondary N) is 1. The molecule has 1 aromatic heterocycles. The Morgan fingerprint density at radius 3 is 2.86 bits per heavy atom. The monoisotopic (exact) mass is 196 g/mol. The number of rotatable bonds is 2. The fraction of sp³-hybridized carbons (Fsp3) is 0.286. The normalized spacial score (nSPS) is 10.8. The van der Waals surface area contributed by atoms with Crippen LogP contribution >= 0.6 is 0 Å². The molecule has 0 aliphatic heterocycles. The maximum atomic E-state index is 11.3. The molecular weight excluding hydrogens is 184 g/mol. The molecule has 0 fully saturated rings. The first-order chi connectivity index (χ1) is 6.61. The zero-order chi connectivity index (χ0) is 10.7. The molecule has 7 heteroatoms. The second-order valence-electron chi connectivity index (χ2n) is 2.66. The van der Waals surface area contributed by atoms with Crippen molar-refractivity contribution in [3.8, 4) is 0 Å². The highest BCUT2D eigenvalue weighted by atomic mass is 16.2. The Morgan fingerprint density at radius 1 is 1.71 bits per heavy atom. The third-order valence-corrected chi connectivity index (χ3v) is 1.75. The maximum absolute atomic E-state index is 11.3. The van der Waals surface area contributed by atoms with E-state index in [1.165, 1.54) is 4.68 Å². The molecule has 1 amide bonds. The van der Waals surface area contributed by atoms with Crippen LogP contribution < -0.4 is 17.0 Å². The van der Waals surface area contributed by atoms with Crippen LogP contribution in [0.1, 0.15) is 16.1 Å². The van der Waals surface area contributed by atoms with Gasteiger partial charge in [0.15, 0.2) is 5.82 Å². The summed E-state index contributed by atoms with van der Waals surface area (Å²) in [7, 11) is 1.67. The predicted octanol–water partition coefficient (Wildman–Crippen LogP) is -1.05. The molecule has 76 valence electrons. The summed E-state index contributed by atoms with van der Waals surface area (Å²) in [4.78, 5) is 15.2. The quantitative estimate of drug-likeness (QED) is 0.184. The molecule has 1 heterocycles. The number of aliphatic imine (C=N–C) groups is 1. The zero-order valence-corrected chi connectivity index (χ0v) is 7.98. The van der Waals surface area contributed by atoms with Gasteiger partial charge in [0.05, 0.1) is 12.0 Å². The second kappa shape index (κ2) is 3.88. The number of hydrogen-bond donors (Lipinski definition) is 3. The van der Waals surface area contributed by atoms with E-state index in [0.29, 0.717) is 17.1 Å². The van der Waals surface area contributed by atoms with Crippen LogP contribution in [0.2, 0.25) is 0 Å². The molecule has 0 radical (unpaired) electrons. The number of aromatic nitrogens is 2. The largest absolute Gasteiger partial charge is 0.390 e. The number of nitrogens with zero attached hydrogens (tertiary/aromatic N) is 3. The smallest absolute Gasteiger partial charge is 0.270 e. The van der Waals surface area contributed by atoms with E-state index in [1.54, 1.807) is 14.0 Å². The minimum atomic E-state index is -0.434. The van der Waals surface area contributed by atoms with Crippen LogP contribution in [0.4, 0.5) is 5.82 Å². The molecule has 0 unspecified atom stereocenters. The molecule has 0 saturated heterocycles. The predicted molar refractivity (Wildman–Crippen MR) is 51.9 cm³/mol. The second-order valence-corrected chi connectivity index (χ2v) is 2.66. The van der Waals surface area contributed by atoms with E-state index in [2.05, 4.69) is 10.1 Å². The van der Waals surface area contributed by atoms with Crippen LogP contribution in [-0.2, 0) is 7.05 Å². The van der Waals surface area contributed by atoms with Gasteiger partial charge in [-0.1, -0.05) is 0 Å². The Balaban J connectivity index is 3.31. The Hall–Kier alpha value is -1.89. The van der Waals surface area contributed by atoms with Crippen molar-refractivity contribution in [1.82, 2.24) is 15.2 Å². The van der Waals surface area contributed by atoms with E-state index in [1.807, 2.05) is 5.43 Å². The molecule has 14 heavy (non-hydrogen) atoms. The van der Waals surface area contributed by atoms with Crippen molar-refractivity contribution >= 4 is 18.1 Å². The summed E-state index contributed by atoms with van der Waals surface area (Å²) in [5.41, 5.74) is 8.06. The molecule has 1 aromatic rings. The van der Waals surface area contributed by atoms with Gasteiger partial charge in [0.1, 0.15) is 5.56 Å². The van der Waals surface area contributed by atoms with E-state index in [0.717, 1.165) is 6.34 Å². The van der Waals surface area contributed by atoms with Gasteiger partial charge >= 0.3 is 0 Å². The number of amides is 1. The Bertz CT molecular complexity index is 380. The molecule has 0 atom stereocenters. The minimum Gasteiger partial charge on any atom is -0.390 e. The fourth-order valence-electron chi connectivity index (χ4n) is 1.20. The van der Waals surface area contributed by atoms with Crippen LogP contribution in [-0.4, -0.2) is 22.0 Å². The highest BCUT2D eigenvalue weighted by Crippen LogP contribution is 2.20. The third-order valence-electron chi connectivity index (χ3n) is 1.75. The summed E-state index contributed by atoms with van der Waals surface area (Å²) in [6.45, 7) is 1.69. The number of aryl methyl sites for hydroxylation is 2. The van der Waals surface area contributed by atoms with Gasteiger partial charge in [-0.3, -0.25) is 10.2 Å². The first kappa shape index (κ1) is 10.2. The lowest BCUT2D eigenvalue weighted by atomic mass is 10.2. The number of carbonyl (C=O) groups excluding carboxylic acids is 1. The Morgan fingerprint density at radius 2 is 2.36 bits per heavy atom. The van der Waals surface area contributed by atoms with E-state index >= 15 is 0 Å². The summed E-state index contributed by atoms with van der Waals surface area (Å²) in [5.74, 6) is 4.98. The van der Waals surface area contributed by atoms with Gasteiger partial charge in [0.25, 0.3) is 5.91 Å². The van der Waals surface area contributed by atoms with Crippen molar-refractivity contribution in [3.05, 3.63) is 11.3 Å². The van der Waals surface area contributed by atoms with Gasteiger partial charge in [-0.05, 0) is 6.92 Å². The lowest BCUT2D eigenvalue weighted by Crippen LogP contribution is -2.30. The van der Waals surface area contributed by atoms with E-state index in [9.17, 15) is 4.79 Å². The fourth-order valence-corrected chi connectivity index (χ4v) is 1.20. The average molecular weight is 196 g/mol. The van der Waals surface area contributed by atoms with E-state index < -0.39 is 5.91 Å². The van der Waals surface area contributed by atoms with Gasteiger partial charge in [-0.15, -0.1) is 0 Å². The molecule has 0 spiro atoms. The number of hydrazine groups is 1. The molecule has 0 aliphatic carbocycles. The van der Waals surface area contributed by atoms with Crippen LogP contribution in [0.5, 0.6) is 0 Å². The van der Waals surface area contributed by atoms with Crippen LogP contribution in [0.25, 0.3) is 0 Å². The highest BCUT2D eigenvalue weighted by Gasteiger charge is 2.18. The van der Waals surface area contributed by atoms with Gasteiger partial charge in [-0.25, -0.2) is 15.5 Å². The molecule has 0 saturated carbocycles. The van der Waals surface area contributed by atoms with Gasteiger partial charge in [0, 0.05) is 7.05 Å².